The van der Waals surface area contributed by atoms with E-state index >= 15 is 0 Å². The molecule has 3 aromatic rings. The normalized spacial score (nSPS) is 11.0. The summed E-state index contributed by atoms with van der Waals surface area (Å²) in [5, 5.41) is 12.7. The zero-order chi connectivity index (χ0) is 18.4. The van der Waals surface area contributed by atoms with Crippen molar-refractivity contribution in [1.29, 1.82) is 0 Å². The van der Waals surface area contributed by atoms with Gasteiger partial charge in [-0.1, -0.05) is 48.0 Å². The minimum absolute atomic E-state index is 0.170. The van der Waals surface area contributed by atoms with Crippen molar-refractivity contribution >= 4 is 11.6 Å². The summed E-state index contributed by atoms with van der Waals surface area (Å²) < 4.78 is 19.1. The predicted octanol–water partition coefficient (Wildman–Crippen LogP) is 3.52. The number of hydrogen-bond acceptors (Lipinski definition) is 4. The van der Waals surface area contributed by atoms with E-state index in [9.17, 15) is 4.39 Å². The van der Waals surface area contributed by atoms with Gasteiger partial charge in [0.25, 0.3) is 0 Å². The lowest BCUT2D eigenvalue weighted by atomic mass is 10.1. The first kappa shape index (κ1) is 18.5. The lowest BCUT2D eigenvalue weighted by Crippen LogP contribution is -2.19. The average Bonchev–Trinajstić information content (AvgIpc) is 3.05. The Bertz CT molecular complexity index is 834. The number of rotatable bonds is 8. The van der Waals surface area contributed by atoms with Gasteiger partial charge in [-0.05, 0) is 12.1 Å². The number of nitrogens with one attached hydrogen (secondary N) is 1. The molecule has 0 aliphatic heterocycles. The Morgan fingerprint density at radius 2 is 1.92 bits per heavy atom. The molecule has 1 heterocycles. The standard InChI is InChI=1S/C19H20ClFN4O/c1-26-11-10-22-12-18-19(14-6-3-2-4-7-14)24-25(23-18)13-15-16(20)8-5-9-17(15)21/h2-9,22H,10-13H2,1H3. The van der Waals surface area contributed by atoms with E-state index in [1.807, 2.05) is 30.3 Å². The van der Waals surface area contributed by atoms with Crippen LogP contribution in [0.4, 0.5) is 4.39 Å². The van der Waals surface area contributed by atoms with Crippen LogP contribution in [0.25, 0.3) is 11.3 Å². The highest BCUT2D eigenvalue weighted by atomic mass is 35.5. The van der Waals surface area contributed by atoms with Gasteiger partial charge in [0.2, 0.25) is 0 Å². The molecular weight excluding hydrogens is 355 g/mol. The lowest BCUT2D eigenvalue weighted by molar-refractivity contribution is 0.199. The van der Waals surface area contributed by atoms with E-state index in [4.69, 9.17) is 16.3 Å². The van der Waals surface area contributed by atoms with Gasteiger partial charge in [0, 0.05) is 36.3 Å². The fourth-order valence-corrected chi connectivity index (χ4v) is 2.82. The molecule has 3 rings (SSSR count). The fourth-order valence-electron chi connectivity index (χ4n) is 2.60. The zero-order valence-electron chi connectivity index (χ0n) is 14.5. The van der Waals surface area contributed by atoms with Crippen LogP contribution in [-0.4, -0.2) is 35.3 Å². The Hall–Kier alpha value is -2.28. The van der Waals surface area contributed by atoms with Gasteiger partial charge in [-0.2, -0.15) is 15.0 Å². The molecule has 7 heteroatoms. The molecule has 0 saturated heterocycles. The Kier molecular flexibility index (Phi) is 6.33. The van der Waals surface area contributed by atoms with Gasteiger partial charge in [0.1, 0.15) is 17.2 Å². The maximum Gasteiger partial charge on any atom is 0.129 e. The van der Waals surface area contributed by atoms with Crippen LogP contribution in [0, 0.1) is 5.82 Å². The second kappa shape index (κ2) is 8.89. The summed E-state index contributed by atoms with van der Waals surface area (Å²) in [6.45, 7) is 2.03. The van der Waals surface area contributed by atoms with E-state index in [1.165, 1.54) is 10.9 Å². The van der Waals surface area contributed by atoms with E-state index in [1.54, 1.807) is 19.2 Å². The number of hydrogen-bond donors (Lipinski definition) is 1. The fraction of sp³-hybridized carbons (Fsp3) is 0.263. The number of ether oxygens (including phenoxy) is 1. The minimum atomic E-state index is -0.365. The minimum Gasteiger partial charge on any atom is -0.383 e. The smallest absolute Gasteiger partial charge is 0.129 e. The quantitative estimate of drug-likeness (QED) is 0.613. The molecule has 0 fully saturated rings. The third-order valence-corrected chi connectivity index (χ3v) is 4.26. The van der Waals surface area contributed by atoms with Gasteiger partial charge in [0.15, 0.2) is 0 Å². The SMILES string of the molecule is COCCNCc1nn(Cc2c(F)cccc2Cl)nc1-c1ccccc1. The van der Waals surface area contributed by atoms with Gasteiger partial charge in [0.05, 0.1) is 13.2 Å². The largest absolute Gasteiger partial charge is 0.383 e. The van der Waals surface area contributed by atoms with E-state index in [0.717, 1.165) is 17.0 Å². The predicted molar refractivity (Wildman–Crippen MR) is 99.6 cm³/mol. The van der Waals surface area contributed by atoms with Crippen molar-refractivity contribution in [3.8, 4) is 11.3 Å². The van der Waals surface area contributed by atoms with E-state index in [0.29, 0.717) is 30.3 Å². The number of halogens is 2. The highest BCUT2D eigenvalue weighted by molar-refractivity contribution is 6.31. The van der Waals surface area contributed by atoms with E-state index < -0.39 is 0 Å². The molecule has 0 unspecified atom stereocenters. The van der Waals surface area contributed by atoms with Crippen LogP contribution >= 0.6 is 11.6 Å². The molecule has 2 aromatic carbocycles. The van der Waals surface area contributed by atoms with Crippen LogP contribution in [0.5, 0.6) is 0 Å². The van der Waals surface area contributed by atoms with Crippen molar-refractivity contribution in [2.75, 3.05) is 20.3 Å². The number of methoxy groups -OCH3 is 1. The Morgan fingerprint density at radius 1 is 1.12 bits per heavy atom. The highest BCUT2D eigenvalue weighted by Crippen LogP contribution is 2.23. The van der Waals surface area contributed by atoms with Crippen molar-refractivity contribution < 1.29 is 9.13 Å². The molecule has 0 radical (unpaired) electrons. The third kappa shape index (κ3) is 4.46. The molecule has 5 nitrogen and oxygen atoms in total. The molecule has 0 aliphatic rings. The number of nitrogens with zero attached hydrogens (tertiary/aromatic N) is 3. The molecule has 26 heavy (non-hydrogen) atoms. The first-order chi connectivity index (χ1) is 12.7. The Balaban J connectivity index is 1.88. The van der Waals surface area contributed by atoms with Gasteiger partial charge >= 0.3 is 0 Å². The van der Waals surface area contributed by atoms with Gasteiger partial charge in [-0.3, -0.25) is 0 Å². The van der Waals surface area contributed by atoms with Crippen LogP contribution in [0.1, 0.15) is 11.3 Å². The third-order valence-electron chi connectivity index (χ3n) is 3.91. The first-order valence-electron chi connectivity index (χ1n) is 8.31. The number of benzene rings is 2. The molecule has 0 spiro atoms. The molecule has 0 atom stereocenters. The van der Waals surface area contributed by atoms with Crippen molar-refractivity contribution in [3.05, 3.63) is 70.6 Å². The maximum absolute atomic E-state index is 14.1. The first-order valence-corrected chi connectivity index (χ1v) is 8.69. The van der Waals surface area contributed by atoms with Gasteiger partial charge in [-0.15, -0.1) is 0 Å². The topological polar surface area (TPSA) is 52.0 Å². The second-order valence-corrected chi connectivity index (χ2v) is 6.17. The zero-order valence-corrected chi connectivity index (χ0v) is 15.2. The molecular formula is C19H20ClFN4O. The Labute approximate surface area is 156 Å². The molecule has 0 saturated carbocycles. The van der Waals surface area contributed by atoms with Crippen molar-refractivity contribution in [2.24, 2.45) is 0 Å². The van der Waals surface area contributed by atoms with Crippen molar-refractivity contribution in [2.45, 2.75) is 13.1 Å². The summed E-state index contributed by atoms with van der Waals surface area (Å²) in [7, 11) is 1.66. The summed E-state index contributed by atoms with van der Waals surface area (Å²) in [5.41, 5.74) is 2.90. The molecule has 0 bridgehead atoms. The van der Waals surface area contributed by atoms with Crippen LogP contribution in [0.15, 0.2) is 48.5 Å². The monoisotopic (exact) mass is 374 g/mol. The lowest BCUT2D eigenvalue weighted by Gasteiger charge is -2.04. The summed E-state index contributed by atoms with van der Waals surface area (Å²) in [6.07, 6.45) is 0. The number of aromatic nitrogens is 3. The highest BCUT2D eigenvalue weighted by Gasteiger charge is 2.15. The molecule has 0 aliphatic carbocycles. The molecule has 0 amide bonds. The second-order valence-electron chi connectivity index (χ2n) is 5.76. The van der Waals surface area contributed by atoms with E-state index in [2.05, 4.69) is 15.5 Å². The summed E-state index contributed by atoms with van der Waals surface area (Å²) in [6, 6.07) is 14.4. The van der Waals surface area contributed by atoms with Crippen LogP contribution < -0.4 is 5.32 Å². The molecule has 1 N–H and O–H groups in total. The van der Waals surface area contributed by atoms with Crippen LogP contribution in [0.3, 0.4) is 0 Å². The van der Waals surface area contributed by atoms with E-state index in [-0.39, 0.29) is 12.4 Å². The van der Waals surface area contributed by atoms with Crippen LogP contribution in [-0.2, 0) is 17.8 Å². The van der Waals surface area contributed by atoms with Crippen molar-refractivity contribution in [1.82, 2.24) is 20.3 Å². The summed E-state index contributed by atoms with van der Waals surface area (Å²) in [5.74, 6) is -0.365. The average molecular weight is 375 g/mol. The van der Waals surface area contributed by atoms with Crippen molar-refractivity contribution in [3.63, 3.8) is 0 Å². The van der Waals surface area contributed by atoms with Gasteiger partial charge < -0.3 is 10.1 Å². The summed E-state index contributed by atoms with van der Waals surface area (Å²) >= 11 is 6.13. The summed E-state index contributed by atoms with van der Waals surface area (Å²) in [4.78, 5) is 1.49. The van der Waals surface area contributed by atoms with Crippen LogP contribution in [0.2, 0.25) is 5.02 Å². The molecule has 136 valence electrons. The maximum atomic E-state index is 14.1. The molecule has 1 aromatic heterocycles. The van der Waals surface area contributed by atoms with Gasteiger partial charge in [-0.25, -0.2) is 4.39 Å². The Morgan fingerprint density at radius 3 is 2.65 bits per heavy atom.